The summed E-state index contributed by atoms with van der Waals surface area (Å²) in [5.41, 5.74) is -0.717. The third-order valence-electron chi connectivity index (χ3n) is 3.33. The molecular weight excluding hydrogens is 353 g/mol. The summed E-state index contributed by atoms with van der Waals surface area (Å²) in [6, 6.07) is 3.45. The average Bonchev–Trinajstić information content (AvgIpc) is 2.88. The first-order chi connectivity index (χ1) is 9.82. The van der Waals surface area contributed by atoms with Crippen molar-refractivity contribution in [2.75, 3.05) is 25.6 Å². The molecule has 8 heteroatoms. The number of anilines is 1. The van der Waals surface area contributed by atoms with Gasteiger partial charge in [-0.1, -0.05) is 15.9 Å². The Labute approximate surface area is 128 Å². The van der Waals surface area contributed by atoms with Gasteiger partial charge in [0.25, 0.3) is 0 Å². The number of carbonyl (C=O) groups excluding carboxylic acids is 1. The van der Waals surface area contributed by atoms with E-state index in [9.17, 15) is 18.0 Å². The fraction of sp³-hybridized carbons (Fsp3) is 0.462. The van der Waals surface area contributed by atoms with E-state index in [2.05, 4.69) is 26.6 Å². The average molecular weight is 367 g/mol. The fourth-order valence-electron chi connectivity index (χ4n) is 2.15. The van der Waals surface area contributed by atoms with Gasteiger partial charge in [0.05, 0.1) is 24.7 Å². The number of hydrogen-bond acceptors (Lipinski definition) is 3. The Morgan fingerprint density at radius 3 is 2.71 bits per heavy atom. The third-order valence-corrected chi connectivity index (χ3v) is 4.02. The molecule has 2 rings (SSSR count). The monoisotopic (exact) mass is 366 g/mol. The van der Waals surface area contributed by atoms with E-state index in [1.165, 1.54) is 12.1 Å². The predicted octanol–water partition coefficient (Wildman–Crippen LogP) is 2.64. The molecule has 1 aromatic carbocycles. The van der Waals surface area contributed by atoms with E-state index in [4.69, 9.17) is 4.74 Å². The molecule has 2 N–H and O–H groups in total. The van der Waals surface area contributed by atoms with Crippen LogP contribution in [0.4, 0.5) is 18.9 Å². The van der Waals surface area contributed by atoms with Crippen molar-refractivity contribution in [3.63, 3.8) is 0 Å². The number of amides is 1. The largest absolute Gasteiger partial charge is 0.417 e. The second-order valence-corrected chi connectivity index (χ2v) is 5.58. The number of carbonyl (C=O) groups is 1. The van der Waals surface area contributed by atoms with Crippen molar-refractivity contribution in [1.82, 2.24) is 5.32 Å². The van der Waals surface area contributed by atoms with E-state index in [1.807, 2.05) is 0 Å². The maximum absolute atomic E-state index is 12.8. The molecule has 0 bridgehead atoms. The van der Waals surface area contributed by atoms with E-state index in [0.717, 1.165) is 6.07 Å². The first-order valence-electron chi connectivity index (χ1n) is 6.25. The molecule has 1 aliphatic heterocycles. The lowest BCUT2D eigenvalue weighted by molar-refractivity contribution is -0.138. The van der Waals surface area contributed by atoms with Crippen molar-refractivity contribution < 1.29 is 22.7 Å². The van der Waals surface area contributed by atoms with Crippen molar-refractivity contribution in [2.45, 2.75) is 12.2 Å². The van der Waals surface area contributed by atoms with E-state index in [-0.39, 0.29) is 28.7 Å². The van der Waals surface area contributed by atoms with Gasteiger partial charge in [0.2, 0.25) is 5.91 Å². The predicted molar refractivity (Wildman–Crippen MR) is 74.9 cm³/mol. The second-order valence-electron chi connectivity index (χ2n) is 4.72. The van der Waals surface area contributed by atoms with Gasteiger partial charge in [-0.3, -0.25) is 4.79 Å². The van der Waals surface area contributed by atoms with E-state index in [0.29, 0.717) is 6.61 Å². The van der Waals surface area contributed by atoms with Crippen LogP contribution in [0.15, 0.2) is 22.7 Å². The molecule has 0 aliphatic carbocycles. The van der Waals surface area contributed by atoms with Crippen LogP contribution in [0.1, 0.15) is 5.56 Å². The first-order valence-corrected chi connectivity index (χ1v) is 7.05. The number of ether oxygens (including phenoxy) is 1. The fourth-order valence-corrected chi connectivity index (χ4v) is 2.62. The van der Waals surface area contributed by atoms with Crippen molar-refractivity contribution >= 4 is 27.5 Å². The van der Waals surface area contributed by atoms with Crippen molar-refractivity contribution in [3.8, 4) is 0 Å². The molecule has 2 unspecified atom stereocenters. The van der Waals surface area contributed by atoms with Crippen LogP contribution in [0.3, 0.4) is 0 Å². The van der Waals surface area contributed by atoms with Gasteiger partial charge < -0.3 is 15.4 Å². The zero-order valence-electron chi connectivity index (χ0n) is 11.1. The van der Waals surface area contributed by atoms with Crippen LogP contribution in [0.5, 0.6) is 0 Å². The van der Waals surface area contributed by atoms with Crippen LogP contribution in [0.25, 0.3) is 0 Å². The molecule has 1 saturated heterocycles. The van der Waals surface area contributed by atoms with Gasteiger partial charge in [0, 0.05) is 16.2 Å². The van der Waals surface area contributed by atoms with Crippen LogP contribution >= 0.6 is 15.9 Å². The molecule has 0 saturated carbocycles. The lowest BCUT2D eigenvalue weighted by Crippen LogP contribution is -2.39. The molecule has 1 aromatic rings. The Morgan fingerprint density at radius 1 is 1.38 bits per heavy atom. The number of halogens is 4. The van der Waals surface area contributed by atoms with Crippen LogP contribution in [-0.4, -0.2) is 32.2 Å². The maximum Gasteiger partial charge on any atom is 0.417 e. The van der Waals surface area contributed by atoms with Gasteiger partial charge in [-0.2, -0.15) is 13.2 Å². The van der Waals surface area contributed by atoms with E-state index < -0.39 is 17.7 Å². The molecule has 1 heterocycles. The molecule has 1 amide bonds. The summed E-state index contributed by atoms with van der Waals surface area (Å²) in [5.74, 6) is -0.782. The Morgan fingerprint density at radius 2 is 2.10 bits per heavy atom. The Balaban J connectivity index is 2.15. The molecule has 2 atom stereocenters. The summed E-state index contributed by atoms with van der Waals surface area (Å²) in [6.07, 6.45) is -4.48. The Hall–Kier alpha value is -1.12. The highest BCUT2D eigenvalue weighted by atomic mass is 79.9. The molecule has 21 heavy (non-hydrogen) atoms. The number of nitrogens with one attached hydrogen (secondary N) is 2. The van der Waals surface area contributed by atoms with Gasteiger partial charge >= 0.3 is 6.18 Å². The number of hydrogen-bond donors (Lipinski definition) is 2. The summed E-state index contributed by atoms with van der Waals surface area (Å²) in [7, 11) is 1.71. The summed E-state index contributed by atoms with van der Waals surface area (Å²) >= 11 is 2.86. The molecule has 0 aromatic heterocycles. The Kier molecular flexibility index (Phi) is 4.90. The van der Waals surface area contributed by atoms with Gasteiger partial charge in [0.15, 0.2) is 0 Å². The minimum Gasteiger partial charge on any atom is -0.379 e. The first kappa shape index (κ1) is 16.3. The lowest BCUT2D eigenvalue weighted by atomic mass is 10.0. The standard InChI is InChI=1S/C13H14BrF3N2O2/c1-18-11-6-21-5-8(11)12(20)19-7-2-3-10(14)9(4-7)13(15,16)17/h2-4,8,11,18H,5-6H2,1H3,(H,19,20). The quantitative estimate of drug-likeness (QED) is 0.864. The van der Waals surface area contributed by atoms with Crippen molar-refractivity contribution in [1.29, 1.82) is 0 Å². The molecule has 0 spiro atoms. The topological polar surface area (TPSA) is 50.4 Å². The SMILES string of the molecule is CNC1COCC1C(=O)Nc1ccc(Br)c(C(F)(F)F)c1. The van der Waals surface area contributed by atoms with Crippen LogP contribution in [0.2, 0.25) is 0 Å². The number of benzene rings is 1. The van der Waals surface area contributed by atoms with Crippen LogP contribution < -0.4 is 10.6 Å². The van der Waals surface area contributed by atoms with E-state index in [1.54, 1.807) is 7.05 Å². The molecule has 4 nitrogen and oxygen atoms in total. The number of likely N-dealkylation sites (N-methyl/N-ethyl adjacent to an activating group) is 1. The lowest BCUT2D eigenvalue weighted by Gasteiger charge is -2.17. The van der Waals surface area contributed by atoms with Crippen molar-refractivity contribution in [2.24, 2.45) is 5.92 Å². The third kappa shape index (κ3) is 3.75. The minimum absolute atomic E-state index is 0.0645. The molecule has 116 valence electrons. The molecular formula is C13H14BrF3N2O2. The van der Waals surface area contributed by atoms with E-state index >= 15 is 0 Å². The zero-order chi connectivity index (χ0) is 15.6. The molecule has 1 fully saturated rings. The minimum atomic E-state index is -4.48. The molecule has 1 aliphatic rings. The van der Waals surface area contributed by atoms with Gasteiger partial charge in [0.1, 0.15) is 0 Å². The maximum atomic E-state index is 12.8. The molecule has 0 radical (unpaired) electrons. The smallest absolute Gasteiger partial charge is 0.379 e. The highest BCUT2D eigenvalue weighted by molar-refractivity contribution is 9.10. The van der Waals surface area contributed by atoms with Gasteiger partial charge in [-0.15, -0.1) is 0 Å². The zero-order valence-corrected chi connectivity index (χ0v) is 12.7. The normalized spacial score (nSPS) is 22.3. The van der Waals surface area contributed by atoms with Crippen molar-refractivity contribution in [3.05, 3.63) is 28.2 Å². The van der Waals surface area contributed by atoms with Crippen LogP contribution in [-0.2, 0) is 15.7 Å². The highest BCUT2D eigenvalue weighted by Crippen LogP contribution is 2.36. The highest BCUT2D eigenvalue weighted by Gasteiger charge is 2.35. The van der Waals surface area contributed by atoms with Crippen LogP contribution in [0, 0.1) is 5.92 Å². The number of rotatable bonds is 3. The Bertz CT molecular complexity index is 537. The summed E-state index contributed by atoms with van der Waals surface area (Å²) < 4.78 is 43.6. The summed E-state index contributed by atoms with van der Waals surface area (Å²) in [4.78, 5) is 12.1. The summed E-state index contributed by atoms with van der Waals surface area (Å²) in [6.45, 7) is 0.655. The second kappa shape index (κ2) is 6.33. The number of alkyl halides is 3. The summed E-state index contributed by atoms with van der Waals surface area (Å²) in [5, 5.41) is 5.46. The van der Waals surface area contributed by atoms with Gasteiger partial charge in [-0.05, 0) is 25.2 Å². The van der Waals surface area contributed by atoms with Gasteiger partial charge in [-0.25, -0.2) is 0 Å².